The lowest BCUT2D eigenvalue weighted by Crippen LogP contribution is -2.40. The van der Waals surface area contributed by atoms with Crippen LogP contribution in [0, 0.1) is 0 Å². The van der Waals surface area contributed by atoms with Gasteiger partial charge < -0.3 is 5.01 Å². The van der Waals surface area contributed by atoms with Crippen LogP contribution in [0.5, 0.6) is 0 Å². The van der Waals surface area contributed by atoms with Crippen LogP contribution in [-0.4, -0.2) is 13.6 Å². The van der Waals surface area contributed by atoms with Gasteiger partial charge in [-0.3, -0.25) is 0 Å². The maximum Gasteiger partial charge on any atom is 0.416 e. The van der Waals surface area contributed by atoms with Gasteiger partial charge in [0.1, 0.15) is 0 Å². The average molecular weight is 216 g/mol. The quantitative estimate of drug-likeness (QED) is 0.715. The van der Waals surface area contributed by atoms with Gasteiger partial charge in [-0.15, -0.1) is 0 Å². The Kier molecular flexibility index (Phi) is 2.34. The van der Waals surface area contributed by atoms with E-state index in [-0.39, 0.29) is 0 Å². The van der Waals surface area contributed by atoms with Crippen molar-refractivity contribution < 1.29 is 13.2 Å². The van der Waals surface area contributed by atoms with Gasteiger partial charge in [0.05, 0.1) is 11.3 Å². The number of halogens is 3. The van der Waals surface area contributed by atoms with Crippen LogP contribution in [-0.2, 0) is 12.6 Å². The molecule has 2 rings (SSSR count). The van der Waals surface area contributed by atoms with E-state index in [4.69, 9.17) is 0 Å². The molecule has 1 N–H and O–H groups in total. The fourth-order valence-electron chi connectivity index (χ4n) is 1.73. The van der Waals surface area contributed by atoms with E-state index in [2.05, 4.69) is 5.43 Å². The van der Waals surface area contributed by atoms with Crippen molar-refractivity contribution >= 4 is 5.69 Å². The zero-order valence-corrected chi connectivity index (χ0v) is 8.23. The molecule has 1 heterocycles. The van der Waals surface area contributed by atoms with Gasteiger partial charge in [0.2, 0.25) is 0 Å². The summed E-state index contributed by atoms with van der Waals surface area (Å²) < 4.78 is 37.3. The Morgan fingerprint density at radius 2 is 2.07 bits per heavy atom. The molecule has 1 aliphatic rings. The molecule has 0 unspecified atom stereocenters. The summed E-state index contributed by atoms with van der Waals surface area (Å²) in [5, 5.41) is 1.75. The first-order chi connectivity index (χ1) is 6.98. The normalized spacial score (nSPS) is 16.4. The largest absolute Gasteiger partial charge is 0.416 e. The van der Waals surface area contributed by atoms with E-state index in [9.17, 15) is 13.2 Å². The third-order valence-electron chi connectivity index (χ3n) is 2.51. The van der Waals surface area contributed by atoms with Gasteiger partial charge in [0.25, 0.3) is 0 Å². The molecule has 1 aliphatic heterocycles. The molecule has 0 fully saturated rings. The smallest absolute Gasteiger partial charge is 0.311 e. The molecule has 0 spiro atoms. The molecule has 0 aromatic heterocycles. The van der Waals surface area contributed by atoms with Crippen molar-refractivity contribution in [2.45, 2.75) is 12.6 Å². The van der Waals surface area contributed by atoms with Crippen LogP contribution in [0.15, 0.2) is 18.2 Å². The maximum absolute atomic E-state index is 12.4. The van der Waals surface area contributed by atoms with Crippen LogP contribution in [0.2, 0.25) is 0 Å². The number of rotatable bonds is 0. The summed E-state index contributed by atoms with van der Waals surface area (Å²) in [6.45, 7) is 0.671. The molecule has 1 aromatic carbocycles. The number of hydrogen-bond acceptors (Lipinski definition) is 2. The Bertz CT molecular complexity index is 373. The Labute approximate surface area is 85.7 Å². The van der Waals surface area contributed by atoms with Crippen molar-refractivity contribution in [1.29, 1.82) is 0 Å². The number of hydrazine groups is 1. The second-order valence-electron chi connectivity index (χ2n) is 3.56. The topological polar surface area (TPSA) is 15.3 Å². The minimum absolute atomic E-state index is 0.573. The first kappa shape index (κ1) is 10.3. The molecule has 0 amide bonds. The first-order valence-electron chi connectivity index (χ1n) is 4.66. The second-order valence-corrected chi connectivity index (χ2v) is 3.56. The number of hydrogen-bond donors (Lipinski definition) is 1. The number of nitrogens with one attached hydrogen (secondary N) is 1. The molecule has 1 aromatic rings. The third kappa shape index (κ3) is 1.92. The highest BCUT2D eigenvalue weighted by molar-refractivity contribution is 5.55. The molecular weight excluding hydrogens is 205 g/mol. The summed E-state index contributed by atoms with van der Waals surface area (Å²) in [6.07, 6.45) is -3.62. The molecular formula is C10H11F3N2. The van der Waals surface area contributed by atoms with E-state index in [1.807, 2.05) is 0 Å². The second kappa shape index (κ2) is 3.41. The summed E-state index contributed by atoms with van der Waals surface area (Å²) in [4.78, 5) is 0. The van der Waals surface area contributed by atoms with Crippen LogP contribution in [0.25, 0.3) is 0 Å². The molecule has 0 bridgehead atoms. The van der Waals surface area contributed by atoms with E-state index in [0.717, 1.165) is 17.3 Å². The standard InChI is InChI=1S/C10H11F3N2/c1-15-9-3-2-8(10(11,12)13)6-7(9)4-5-14-15/h2-3,6,14H,4-5H2,1H3. The molecule has 82 valence electrons. The average Bonchev–Trinajstić information content (AvgIpc) is 2.16. The van der Waals surface area contributed by atoms with E-state index in [0.29, 0.717) is 13.0 Å². The highest BCUT2D eigenvalue weighted by Crippen LogP contribution is 2.33. The number of alkyl halides is 3. The van der Waals surface area contributed by atoms with E-state index < -0.39 is 11.7 Å². The van der Waals surface area contributed by atoms with Gasteiger partial charge in [0, 0.05) is 13.6 Å². The third-order valence-corrected chi connectivity index (χ3v) is 2.51. The van der Waals surface area contributed by atoms with Gasteiger partial charge in [-0.05, 0) is 30.2 Å². The summed E-state index contributed by atoms with van der Waals surface area (Å²) in [5.41, 5.74) is 4.03. The lowest BCUT2D eigenvalue weighted by Gasteiger charge is -2.28. The molecule has 0 aliphatic carbocycles. The minimum Gasteiger partial charge on any atom is -0.311 e. The molecule has 2 nitrogen and oxygen atoms in total. The van der Waals surface area contributed by atoms with Crippen molar-refractivity contribution in [2.24, 2.45) is 0 Å². The fourth-order valence-corrected chi connectivity index (χ4v) is 1.73. The van der Waals surface area contributed by atoms with E-state index in [1.165, 1.54) is 12.1 Å². The SMILES string of the molecule is CN1NCCc2cc(C(F)(F)F)ccc21. The van der Waals surface area contributed by atoms with Crippen LogP contribution in [0.3, 0.4) is 0 Å². The van der Waals surface area contributed by atoms with Crippen LogP contribution in [0.1, 0.15) is 11.1 Å². The predicted molar refractivity (Wildman–Crippen MR) is 51.6 cm³/mol. The van der Waals surface area contributed by atoms with Crippen molar-refractivity contribution in [2.75, 3.05) is 18.6 Å². The Balaban J connectivity index is 2.42. The molecule has 0 radical (unpaired) electrons. The molecule has 0 saturated carbocycles. The fraction of sp³-hybridized carbons (Fsp3) is 0.400. The minimum atomic E-state index is -4.25. The lowest BCUT2D eigenvalue weighted by atomic mass is 10.0. The van der Waals surface area contributed by atoms with Crippen molar-refractivity contribution in [1.82, 2.24) is 5.43 Å². The Morgan fingerprint density at radius 1 is 1.33 bits per heavy atom. The zero-order valence-electron chi connectivity index (χ0n) is 8.23. The number of benzene rings is 1. The molecule has 15 heavy (non-hydrogen) atoms. The summed E-state index contributed by atoms with van der Waals surface area (Å²) in [7, 11) is 1.80. The number of fused-ring (bicyclic) bond motifs is 1. The van der Waals surface area contributed by atoms with E-state index in [1.54, 1.807) is 12.1 Å². The number of anilines is 1. The highest BCUT2D eigenvalue weighted by Gasteiger charge is 2.31. The van der Waals surface area contributed by atoms with Crippen molar-refractivity contribution in [3.8, 4) is 0 Å². The predicted octanol–water partition coefficient (Wildman–Crippen LogP) is 2.20. The van der Waals surface area contributed by atoms with Crippen LogP contribution >= 0.6 is 0 Å². The summed E-state index contributed by atoms with van der Waals surface area (Å²) in [5.74, 6) is 0. The van der Waals surface area contributed by atoms with Gasteiger partial charge in [-0.1, -0.05) is 0 Å². The van der Waals surface area contributed by atoms with Crippen LogP contribution in [0.4, 0.5) is 18.9 Å². The highest BCUT2D eigenvalue weighted by atomic mass is 19.4. The first-order valence-corrected chi connectivity index (χ1v) is 4.66. The molecule has 0 saturated heterocycles. The Morgan fingerprint density at radius 3 is 2.73 bits per heavy atom. The lowest BCUT2D eigenvalue weighted by molar-refractivity contribution is -0.137. The van der Waals surface area contributed by atoms with Gasteiger partial charge >= 0.3 is 6.18 Å². The monoisotopic (exact) mass is 216 g/mol. The summed E-state index contributed by atoms with van der Waals surface area (Å²) in [6, 6.07) is 3.85. The molecule has 0 atom stereocenters. The number of nitrogens with zero attached hydrogens (tertiary/aromatic N) is 1. The summed E-state index contributed by atoms with van der Waals surface area (Å²) >= 11 is 0. The van der Waals surface area contributed by atoms with Crippen molar-refractivity contribution in [3.63, 3.8) is 0 Å². The van der Waals surface area contributed by atoms with Gasteiger partial charge in [0.15, 0.2) is 0 Å². The van der Waals surface area contributed by atoms with Gasteiger partial charge in [-0.25, -0.2) is 5.43 Å². The van der Waals surface area contributed by atoms with Crippen molar-refractivity contribution in [3.05, 3.63) is 29.3 Å². The van der Waals surface area contributed by atoms with E-state index >= 15 is 0 Å². The van der Waals surface area contributed by atoms with Crippen LogP contribution < -0.4 is 10.4 Å². The maximum atomic E-state index is 12.4. The zero-order chi connectivity index (χ0) is 11.1. The molecule has 5 heteroatoms. The Hall–Kier alpha value is -1.23. The van der Waals surface area contributed by atoms with Gasteiger partial charge in [-0.2, -0.15) is 13.2 Å².